The van der Waals surface area contributed by atoms with Crippen LogP contribution in [0.15, 0.2) is 53.8 Å². The van der Waals surface area contributed by atoms with Crippen molar-refractivity contribution >= 4 is 40.9 Å². The number of ether oxygens (including phenoxy) is 1. The number of carbonyl (C=O) groups is 1. The number of methoxy groups -OCH3 is 1. The summed E-state index contributed by atoms with van der Waals surface area (Å²) in [7, 11) is 1.48. The predicted octanol–water partition coefficient (Wildman–Crippen LogP) is 6.03. The minimum Gasteiger partial charge on any atom is -0.463 e. The molecule has 0 bridgehead atoms. The first-order valence-electron chi connectivity index (χ1n) is 13.2. The largest absolute Gasteiger partial charge is 0.463 e. The number of aliphatic imine (C=N–C) groups is 1. The van der Waals surface area contributed by atoms with Gasteiger partial charge in [-0.3, -0.25) is 9.55 Å². The first-order valence-corrected chi connectivity index (χ1v) is 13.6. The second-order valence-electron chi connectivity index (χ2n) is 10.0. The van der Waals surface area contributed by atoms with Crippen molar-refractivity contribution in [1.82, 2.24) is 24.5 Å². The molecular formula is C29H29ClFN7O3. The summed E-state index contributed by atoms with van der Waals surface area (Å²) < 4.78 is 23.0. The normalized spacial score (nSPS) is 16.3. The van der Waals surface area contributed by atoms with Crippen molar-refractivity contribution in [3.8, 4) is 11.3 Å². The Bertz CT molecular complexity index is 1670. The Hall–Kier alpha value is -4.22. The van der Waals surface area contributed by atoms with E-state index in [0.717, 1.165) is 25.7 Å². The molecule has 0 saturated heterocycles. The van der Waals surface area contributed by atoms with Crippen LogP contribution in [0.4, 0.5) is 9.18 Å². The third kappa shape index (κ3) is 5.68. The van der Waals surface area contributed by atoms with Gasteiger partial charge >= 0.3 is 6.09 Å². The highest BCUT2D eigenvalue weighted by Gasteiger charge is 2.38. The average molecular weight is 578 g/mol. The van der Waals surface area contributed by atoms with Crippen LogP contribution in [-0.2, 0) is 10.3 Å². The van der Waals surface area contributed by atoms with Gasteiger partial charge in [-0.05, 0) is 37.8 Å². The molecule has 3 N–H and O–H groups in total. The molecule has 12 heteroatoms. The van der Waals surface area contributed by atoms with Gasteiger partial charge in [-0.15, -0.1) is 0 Å². The van der Waals surface area contributed by atoms with Crippen LogP contribution in [0.2, 0.25) is 5.02 Å². The molecule has 0 spiro atoms. The van der Waals surface area contributed by atoms with Crippen molar-refractivity contribution in [1.29, 1.82) is 0 Å². The Morgan fingerprint density at radius 2 is 1.98 bits per heavy atom. The number of aromatic nitrogens is 5. The molecule has 1 fully saturated rings. The Morgan fingerprint density at radius 3 is 2.66 bits per heavy atom. The summed E-state index contributed by atoms with van der Waals surface area (Å²) in [5.41, 5.74) is 6.37. The topological polar surface area (TPSA) is 141 Å². The summed E-state index contributed by atoms with van der Waals surface area (Å²) in [6.45, 7) is 1.73. The highest BCUT2D eigenvalue weighted by Crippen LogP contribution is 2.38. The molecule has 3 aromatic heterocycles. The molecule has 0 radical (unpaired) electrons. The van der Waals surface area contributed by atoms with Crippen LogP contribution in [0.3, 0.4) is 0 Å². The summed E-state index contributed by atoms with van der Waals surface area (Å²) in [6.07, 6.45) is 11.2. The van der Waals surface area contributed by atoms with Crippen LogP contribution >= 0.6 is 11.6 Å². The summed E-state index contributed by atoms with van der Waals surface area (Å²) in [4.78, 5) is 32.7. The van der Waals surface area contributed by atoms with Crippen molar-refractivity contribution < 1.29 is 19.0 Å². The van der Waals surface area contributed by atoms with Gasteiger partial charge in [0, 0.05) is 36.8 Å². The second-order valence-corrected chi connectivity index (χ2v) is 10.4. The predicted molar refractivity (Wildman–Crippen MR) is 154 cm³/mol. The molecule has 1 aliphatic carbocycles. The standard InChI is InChI=1S/C29H29ClFN7O3/c1-29(41-2,20-10-6-7-11-21(20)31)27-37-25-23(38(27)13-12-17-8-4-3-5-9-17)22(18-14-19(30)16-33-15-18)34-26(36-25)24(32)35-28(39)40/h6-7,10-17H,3-5,8-9H2,1-2H3,(H2,32,35)(H,39,40)/b13-12-. The number of fused-ring (bicyclic) bond motifs is 1. The number of carboxylic acid groups (broad SMARTS) is 1. The average Bonchev–Trinajstić information content (AvgIpc) is 3.34. The molecule has 1 atom stereocenters. The van der Waals surface area contributed by atoms with Crippen LogP contribution in [0.5, 0.6) is 0 Å². The van der Waals surface area contributed by atoms with Gasteiger partial charge in [-0.2, -0.15) is 4.99 Å². The number of hydrogen-bond donors (Lipinski definition) is 2. The fourth-order valence-electron chi connectivity index (χ4n) is 5.20. The molecule has 212 valence electrons. The van der Waals surface area contributed by atoms with Crippen molar-refractivity contribution in [2.75, 3.05) is 7.11 Å². The number of rotatable bonds is 7. The number of nitrogens with zero attached hydrogens (tertiary/aromatic N) is 6. The SMILES string of the molecule is COC(C)(c1ccccc1F)c1nc2nc(/C(N)=N/C(=O)O)nc(-c3cncc(Cl)c3)c2n1/C=C\C1CCCCC1. The second kappa shape index (κ2) is 11.7. The molecule has 1 unspecified atom stereocenters. The lowest BCUT2D eigenvalue weighted by Crippen LogP contribution is -2.30. The van der Waals surface area contributed by atoms with Gasteiger partial charge in [0.25, 0.3) is 0 Å². The van der Waals surface area contributed by atoms with Gasteiger partial charge in [0.2, 0.25) is 0 Å². The van der Waals surface area contributed by atoms with Crippen LogP contribution in [0.25, 0.3) is 28.6 Å². The zero-order chi connectivity index (χ0) is 29.1. The number of amides is 1. The van der Waals surface area contributed by atoms with Gasteiger partial charge in [0.1, 0.15) is 17.0 Å². The number of hydrogen-bond acceptors (Lipinski definition) is 6. The van der Waals surface area contributed by atoms with Crippen molar-refractivity contribution in [3.63, 3.8) is 0 Å². The van der Waals surface area contributed by atoms with Gasteiger partial charge in [0.15, 0.2) is 28.7 Å². The van der Waals surface area contributed by atoms with Crippen molar-refractivity contribution in [2.24, 2.45) is 16.6 Å². The summed E-state index contributed by atoms with van der Waals surface area (Å²) in [6, 6.07) is 8.00. The Balaban J connectivity index is 1.85. The van der Waals surface area contributed by atoms with Crippen LogP contribution in [0, 0.1) is 11.7 Å². The zero-order valence-corrected chi connectivity index (χ0v) is 23.3. The molecule has 0 aliphatic heterocycles. The number of pyridine rings is 1. The van der Waals surface area contributed by atoms with Crippen LogP contribution < -0.4 is 5.73 Å². The first-order chi connectivity index (χ1) is 19.7. The molecule has 1 aromatic carbocycles. The maximum atomic E-state index is 15.2. The van der Waals surface area contributed by atoms with Crippen LogP contribution in [0.1, 0.15) is 56.2 Å². The summed E-state index contributed by atoms with van der Waals surface area (Å²) >= 11 is 6.29. The van der Waals surface area contributed by atoms with Crippen molar-refractivity contribution in [3.05, 3.63) is 76.9 Å². The number of benzene rings is 1. The first kappa shape index (κ1) is 28.3. The zero-order valence-electron chi connectivity index (χ0n) is 22.6. The lowest BCUT2D eigenvalue weighted by molar-refractivity contribution is 0.0278. The lowest BCUT2D eigenvalue weighted by Gasteiger charge is -2.28. The van der Waals surface area contributed by atoms with E-state index in [4.69, 9.17) is 27.1 Å². The van der Waals surface area contributed by atoms with Crippen LogP contribution in [-0.4, -0.2) is 48.6 Å². The lowest BCUT2D eigenvalue weighted by atomic mass is 9.89. The van der Waals surface area contributed by atoms with E-state index in [1.807, 2.05) is 6.20 Å². The van der Waals surface area contributed by atoms with E-state index in [1.165, 1.54) is 25.8 Å². The van der Waals surface area contributed by atoms with E-state index in [0.29, 0.717) is 33.5 Å². The smallest absolute Gasteiger partial charge is 0.433 e. The molecule has 1 aliphatic rings. The van der Waals surface area contributed by atoms with E-state index in [9.17, 15) is 9.90 Å². The molecular weight excluding hydrogens is 549 g/mol. The maximum Gasteiger partial charge on any atom is 0.433 e. The summed E-state index contributed by atoms with van der Waals surface area (Å²) in [5.74, 6) is -0.328. The van der Waals surface area contributed by atoms with Crippen molar-refractivity contribution in [2.45, 2.75) is 44.6 Å². The monoisotopic (exact) mass is 577 g/mol. The fraction of sp³-hybridized carbons (Fsp3) is 0.310. The molecule has 5 rings (SSSR count). The van der Waals surface area contributed by atoms with E-state index < -0.39 is 23.3 Å². The van der Waals surface area contributed by atoms with Gasteiger partial charge in [-0.1, -0.05) is 55.1 Å². The molecule has 1 amide bonds. The minimum atomic E-state index is -1.50. The van der Waals surface area contributed by atoms with Gasteiger partial charge in [0.05, 0.1) is 5.02 Å². The quantitative estimate of drug-likeness (QED) is 0.200. The van der Waals surface area contributed by atoms with E-state index in [1.54, 1.807) is 42.0 Å². The third-order valence-electron chi connectivity index (χ3n) is 7.35. The third-order valence-corrected chi connectivity index (χ3v) is 7.56. The van der Waals surface area contributed by atoms with Gasteiger partial charge < -0.3 is 15.6 Å². The van der Waals surface area contributed by atoms with Gasteiger partial charge in [-0.25, -0.2) is 24.1 Å². The summed E-state index contributed by atoms with van der Waals surface area (Å²) in [5, 5.41) is 9.54. The highest BCUT2D eigenvalue weighted by molar-refractivity contribution is 6.30. The number of amidine groups is 1. The molecule has 3 heterocycles. The molecule has 41 heavy (non-hydrogen) atoms. The highest BCUT2D eigenvalue weighted by atomic mass is 35.5. The van der Waals surface area contributed by atoms with E-state index in [-0.39, 0.29) is 17.0 Å². The Labute approximate surface area is 240 Å². The van der Waals surface area contributed by atoms with E-state index >= 15 is 4.39 Å². The molecule has 10 nitrogen and oxygen atoms in total. The Morgan fingerprint density at radius 1 is 1.22 bits per heavy atom. The molecule has 1 saturated carbocycles. The molecule has 4 aromatic rings. The minimum absolute atomic E-state index is 0.146. The fourth-order valence-corrected chi connectivity index (χ4v) is 5.37. The van der Waals surface area contributed by atoms with E-state index in [2.05, 4.69) is 26.0 Å². The Kier molecular flexibility index (Phi) is 8.09. The number of halogens is 2. The number of nitrogens with two attached hydrogens (primary N) is 1. The number of imidazole rings is 1. The maximum absolute atomic E-state index is 15.2. The number of allylic oxidation sites excluding steroid dienone is 1.